The van der Waals surface area contributed by atoms with Crippen LogP contribution in [-0.2, 0) is 11.2 Å². The number of rotatable bonds is 4. The van der Waals surface area contributed by atoms with Crippen molar-refractivity contribution in [2.75, 3.05) is 13.1 Å². The molecule has 0 aliphatic rings. The summed E-state index contributed by atoms with van der Waals surface area (Å²) >= 11 is 0. The summed E-state index contributed by atoms with van der Waals surface area (Å²) in [6, 6.07) is 6.18. The van der Waals surface area contributed by atoms with E-state index in [4.69, 9.17) is 6.42 Å². The van der Waals surface area contributed by atoms with Crippen molar-refractivity contribution < 1.29 is 4.79 Å². The predicted octanol–water partition coefficient (Wildman–Crippen LogP) is 2.33. The molecule has 0 aliphatic heterocycles. The Morgan fingerprint density at radius 2 is 2.12 bits per heavy atom. The molecule has 0 spiro atoms. The molecule has 1 aromatic carbocycles. The van der Waals surface area contributed by atoms with E-state index in [2.05, 4.69) is 24.1 Å². The second-order valence-electron chi connectivity index (χ2n) is 4.22. The Morgan fingerprint density at radius 1 is 1.41 bits per heavy atom. The lowest BCUT2D eigenvalue weighted by Crippen LogP contribution is -2.32. The van der Waals surface area contributed by atoms with Crippen LogP contribution in [0.2, 0.25) is 0 Å². The van der Waals surface area contributed by atoms with Crippen LogP contribution in [0.4, 0.5) is 0 Å². The Kier molecular flexibility index (Phi) is 4.78. The van der Waals surface area contributed by atoms with Crippen molar-refractivity contribution >= 4 is 5.91 Å². The van der Waals surface area contributed by atoms with Crippen LogP contribution in [0.15, 0.2) is 18.2 Å². The standard InChI is InChI=1S/C15H19NO/c1-5-9-16(6-2)15(17)11-14-10-12(3)7-8-13(14)4/h1,7-8,10H,6,9,11H2,2-4H3. The van der Waals surface area contributed by atoms with Crippen LogP contribution >= 0.6 is 0 Å². The first kappa shape index (κ1) is 13.3. The Labute approximate surface area is 104 Å². The number of hydrogen-bond acceptors (Lipinski definition) is 1. The molecular formula is C15H19NO. The van der Waals surface area contributed by atoms with Gasteiger partial charge in [-0.15, -0.1) is 6.42 Å². The fourth-order valence-corrected chi connectivity index (χ4v) is 1.75. The number of carbonyl (C=O) groups is 1. The molecule has 0 aliphatic carbocycles. The molecule has 0 radical (unpaired) electrons. The molecule has 0 saturated carbocycles. The summed E-state index contributed by atoms with van der Waals surface area (Å²) in [6.45, 7) is 7.05. The molecule has 1 amide bonds. The number of benzene rings is 1. The molecule has 0 bridgehead atoms. The highest BCUT2D eigenvalue weighted by Gasteiger charge is 2.12. The molecule has 0 saturated heterocycles. The highest BCUT2D eigenvalue weighted by molar-refractivity contribution is 5.79. The van der Waals surface area contributed by atoms with Crippen molar-refractivity contribution in [1.29, 1.82) is 0 Å². The second kappa shape index (κ2) is 6.10. The topological polar surface area (TPSA) is 20.3 Å². The van der Waals surface area contributed by atoms with Crippen LogP contribution in [0.1, 0.15) is 23.6 Å². The smallest absolute Gasteiger partial charge is 0.227 e. The summed E-state index contributed by atoms with van der Waals surface area (Å²) in [5.41, 5.74) is 3.42. The molecule has 2 nitrogen and oxygen atoms in total. The molecule has 1 rings (SSSR count). The first-order valence-corrected chi connectivity index (χ1v) is 5.85. The van der Waals surface area contributed by atoms with Gasteiger partial charge in [-0.05, 0) is 31.9 Å². The van der Waals surface area contributed by atoms with Gasteiger partial charge in [-0.25, -0.2) is 0 Å². The highest BCUT2D eigenvalue weighted by atomic mass is 16.2. The van der Waals surface area contributed by atoms with Crippen molar-refractivity contribution in [3.05, 3.63) is 34.9 Å². The molecule has 0 aromatic heterocycles. The maximum Gasteiger partial charge on any atom is 0.227 e. The van der Waals surface area contributed by atoms with Crippen LogP contribution in [0.25, 0.3) is 0 Å². The third kappa shape index (κ3) is 3.64. The van der Waals surface area contributed by atoms with Gasteiger partial charge in [-0.2, -0.15) is 0 Å². The van der Waals surface area contributed by atoms with Gasteiger partial charge in [-0.3, -0.25) is 4.79 Å². The largest absolute Gasteiger partial charge is 0.332 e. The fourth-order valence-electron chi connectivity index (χ4n) is 1.75. The van der Waals surface area contributed by atoms with Crippen molar-refractivity contribution in [2.45, 2.75) is 27.2 Å². The lowest BCUT2D eigenvalue weighted by Gasteiger charge is -2.18. The molecule has 0 unspecified atom stereocenters. The van der Waals surface area contributed by atoms with Crippen LogP contribution < -0.4 is 0 Å². The molecule has 17 heavy (non-hydrogen) atoms. The van der Waals surface area contributed by atoms with Crippen molar-refractivity contribution in [3.63, 3.8) is 0 Å². The average Bonchev–Trinajstić information content (AvgIpc) is 2.30. The minimum absolute atomic E-state index is 0.0964. The van der Waals surface area contributed by atoms with Gasteiger partial charge < -0.3 is 4.90 Å². The summed E-state index contributed by atoms with van der Waals surface area (Å²) in [7, 11) is 0. The molecule has 0 N–H and O–H groups in total. The van der Waals surface area contributed by atoms with E-state index in [9.17, 15) is 4.79 Å². The van der Waals surface area contributed by atoms with Gasteiger partial charge in [0.2, 0.25) is 5.91 Å². The number of terminal acetylenes is 1. The van der Waals surface area contributed by atoms with Gasteiger partial charge in [0, 0.05) is 6.54 Å². The summed E-state index contributed by atoms with van der Waals surface area (Å²) < 4.78 is 0. The molecular weight excluding hydrogens is 210 g/mol. The summed E-state index contributed by atoms with van der Waals surface area (Å²) in [5, 5.41) is 0. The number of carbonyl (C=O) groups excluding carboxylic acids is 1. The van der Waals surface area contributed by atoms with Gasteiger partial charge in [0.15, 0.2) is 0 Å². The average molecular weight is 229 g/mol. The first-order chi connectivity index (χ1) is 8.08. The van der Waals surface area contributed by atoms with Gasteiger partial charge in [0.1, 0.15) is 0 Å². The monoisotopic (exact) mass is 229 g/mol. The minimum Gasteiger partial charge on any atom is -0.332 e. The molecule has 0 atom stereocenters. The van der Waals surface area contributed by atoms with Crippen LogP contribution in [0.3, 0.4) is 0 Å². The van der Waals surface area contributed by atoms with Crippen LogP contribution in [0, 0.1) is 26.2 Å². The number of nitrogens with zero attached hydrogens (tertiary/aromatic N) is 1. The lowest BCUT2D eigenvalue weighted by atomic mass is 10.0. The lowest BCUT2D eigenvalue weighted by molar-refractivity contribution is -0.129. The van der Waals surface area contributed by atoms with Crippen molar-refractivity contribution in [2.24, 2.45) is 0 Å². The third-order valence-electron chi connectivity index (χ3n) is 2.86. The molecule has 1 aromatic rings. The maximum atomic E-state index is 12.0. The number of aryl methyl sites for hydroxylation is 2. The van der Waals surface area contributed by atoms with Gasteiger partial charge in [0.25, 0.3) is 0 Å². The number of hydrogen-bond donors (Lipinski definition) is 0. The molecule has 0 heterocycles. The van der Waals surface area contributed by atoms with E-state index in [0.717, 1.165) is 11.1 Å². The van der Waals surface area contributed by atoms with Crippen LogP contribution in [-0.4, -0.2) is 23.9 Å². The molecule has 0 fully saturated rings. The second-order valence-corrected chi connectivity index (χ2v) is 4.22. The Hall–Kier alpha value is -1.75. The number of likely N-dealkylation sites (N-methyl/N-ethyl adjacent to an activating group) is 1. The zero-order valence-electron chi connectivity index (χ0n) is 10.8. The Balaban J connectivity index is 2.80. The fraction of sp³-hybridized carbons (Fsp3) is 0.400. The zero-order chi connectivity index (χ0) is 12.8. The third-order valence-corrected chi connectivity index (χ3v) is 2.86. The van der Waals surface area contributed by atoms with E-state index in [1.54, 1.807) is 4.90 Å². The number of amides is 1. The van der Waals surface area contributed by atoms with Crippen molar-refractivity contribution in [3.8, 4) is 12.3 Å². The molecule has 90 valence electrons. The van der Waals surface area contributed by atoms with E-state index in [1.165, 1.54) is 5.56 Å². The van der Waals surface area contributed by atoms with Gasteiger partial charge in [0.05, 0.1) is 13.0 Å². The summed E-state index contributed by atoms with van der Waals surface area (Å²) in [4.78, 5) is 13.7. The normalized spacial score (nSPS) is 9.76. The van der Waals surface area contributed by atoms with Gasteiger partial charge >= 0.3 is 0 Å². The summed E-state index contributed by atoms with van der Waals surface area (Å²) in [6.07, 6.45) is 5.68. The maximum absolute atomic E-state index is 12.0. The Morgan fingerprint density at radius 3 is 2.71 bits per heavy atom. The highest BCUT2D eigenvalue weighted by Crippen LogP contribution is 2.12. The predicted molar refractivity (Wildman–Crippen MR) is 70.7 cm³/mol. The van der Waals surface area contributed by atoms with E-state index in [0.29, 0.717) is 19.5 Å². The molecule has 2 heteroatoms. The van der Waals surface area contributed by atoms with E-state index >= 15 is 0 Å². The van der Waals surface area contributed by atoms with Gasteiger partial charge in [-0.1, -0.05) is 29.7 Å². The Bertz CT molecular complexity index is 443. The first-order valence-electron chi connectivity index (χ1n) is 5.85. The summed E-state index contributed by atoms with van der Waals surface area (Å²) in [5.74, 6) is 2.61. The SMILES string of the molecule is C#CCN(CC)C(=O)Cc1cc(C)ccc1C. The van der Waals surface area contributed by atoms with Crippen molar-refractivity contribution in [1.82, 2.24) is 4.90 Å². The zero-order valence-corrected chi connectivity index (χ0v) is 10.8. The van der Waals surface area contributed by atoms with Crippen LogP contribution in [0.5, 0.6) is 0 Å². The van der Waals surface area contributed by atoms with E-state index in [1.807, 2.05) is 20.8 Å². The quantitative estimate of drug-likeness (QED) is 0.726. The minimum atomic E-state index is 0.0964. The van der Waals surface area contributed by atoms with E-state index in [-0.39, 0.29) is 5.91 Å². The van der Waals surface area contributed by atoms with E-state index < -0.39 is 0 Å².